The zero-order valence-electron chi connectivity index (χ0n) is 9.19. The van der Waals surface area contributed by atoms with Gasteiger partial charge in [0.05, 0.1) is 5.70 Å². The average molecular weight is 250 g/mol. The molecule has 1 rings (SSSR count). The Morgan fingerprint density at radius 3 is 2.11 bits per heavy atom. The summed E-state index contributed by atoms with van der Waals surface area (Å²) in [7, 11) is 0. The van der Waals surface area contributed by atoms with Crippen LogP contribution >= 0.6 is 0 Å². The van der Waals surface area contributed by atoms with Crippen molar-refractivity contribution < 1.29 is 14.4 Å². The molecule has 0 spiro atoms. The van der Waals surface area contributed by atoms with E-state index in [2.05, 4.69) is 5.32 Å². The highest BCUT2D eigenvalue weighted by molar-refractivity contribution is 6.18. The van der Waals surface area contributed by atoms with Crippen molar-refractivity contribution in [1.82, 2.24) is 5.32 Å². The first-order valence-corrected chi connectivity index (χ1v) is 4.17. The quantitative estimate of drug-likeness (QED) is 0.309. The summed E-state index contributed by atoms with van der Waals surface area (Å²) in [6.07, 6.45) is 3.39. The molecule has 0 bridgehead atoms. The van der Waals surface area contributed by atoms with Gasteiger partial charge in [-0.2, -0.15) is 0 Å². The number of carbonyl (C=O) groups is 3. The SMILES string of the molecule is CC(=O)NC1=CC(=O)C=CC1=O.[N-]=[N+]=N.[N-]=[N+]=[N-]. The lowest BCUT2D eigenvalue weighted by atomic mass is 10.1. The molecule has 1 aliphatic rings. The Kier molecular flexibility index (Phi) is 10.0. The minimum Gasteiger partial charge on any atom is -0.373 e. The summed E-state index contributed by atoms with van der Waals surface area (Å²) >= 11 is 0. The van der Waals surface area contributed by atoms with E-state index in [-0.39, 0.29) is 23.2 Å². The van der Waals surface area contributed by atoms with Gasteiger partial charge in [-0.15, -0.1) is 5.53 Å². The molecular formula is C8H8N7O3-. The number of amides is 1. The van der Waals surface area contributed by atoms with Gasteiger partial charge in [-0.25, -0.2) is 0 Å². The molecule has 0 heterocycles. The number of ketones is 2. The van der Waals surface area contributed by atoms with Crippen LogP contribution in [0.25, 0.3) is 26.4 Å². The topological polar surface area (TPSA) is 182 Å². The second-order valence-corrected chi connectivity index (χ2v) is 2.53. The van der Waals surface area contributed by atoms with Gasteiger partial charge in [0.1, 0.15) is 0 Å². The summed E-state index contributed by atoms with van der Waals surface area (Å²) in [5.74, 6) is -1.01. The zero-order chi connectivity index (χ0) is 14.6. The van der Waals surface area contributed by atoms with Crippen LogP contribution in [-0.4, -0.2) is 17.5 Å². The van der Waals surface area contributed by atoms with E-state index in [1.165, 1.54) is 11.8 Å². The highest BCUT2D eigenvalue weighted by Crippen LogP contribution is 2.01. The number of hydrogen-bond acceptors (Lipinski definition) is 4. The van der Waals surface area contributed by atoms with Crippen molar-refractivity contribution in [1.29, 1.82) is 5.53 Å². The Morgan fingerprint density at radius 1 is 1.28 bits per heavy atom. The first-order valence-electron chi connectivity index (χ1n) is 4.17. The highest BCUT2D eigenvalue weighted by atomic mass is 16.2. The van der Waals surface area contributed by atoms with Crippen LogP contribution in [0.2, 0.25) is 0 Å². The van der Waals surface area contributed by atoms with E-state index in [1.807, 2.05) is 0 Å². The zero-order valence-corrected chi connectivity index (χ0v) is 9.19. The van der Waals surface area contributed by atoms with Gasteiger partial charge in [0.2, 0.25) is 11.7 Å². The fourth-order valence-electron chi connectivity index (χ4n) is 0.796. The molecule has 1 amide bonds. The summed E-state index contributed by atoms with van der Waals surface area (Å²) in [5, 5.41) is 2.26. The van der Waals surface area contributed by atoms with Gasteiger partial charge >= 0.3 is 0 Å². The fourth-order valence-corrected chi connectivity index (χ4v) is 0.796. The molecule has 10 nitrogen and oxygen atoms in total. The van der Waals surface area contributed by atoms with E-state index >= 15 is 0 Å². The van der Waals surface area contributed by atoms with Crippen molar-refractivity contribution in [3.05, 3.63) is 50.3 Å². The Balaban J connectivity index is 0. The molecule has 0 aliphatic heterocycles. The van der Waals surface area contributed by atoms with Crippen molar-refractivity contribution in [2.24, 2.45) is 0 Å². The number of rotatable bonds is 1. The van der Waals surface area contributed by atoms with Crippen molar-refractivity contribution in [2.45, 2.75) is 6.92 Å². The van der Waals surface area contributed by atoms with Crippen molar-refractivity contribution in [3.63, 3.8) is 0 Å². The van der Waals surface area contributed by atoms with Gasteiger partial charge in [-0.3, -0.25) is 19.3 Å². The number of nitrogens with zero attached hydrogens (tertiary/aromatic N) is 5. The number of nitrogens with one attached hydrogen (secondary N) is 2. The molecule has 10 heteroatoms. The Morgan fingerprint density at radius 2 is 1.72 bits per heavy atom. The molecule has 0 saturated heterocycles. The fraction of sp³-hybridized carbons (Fsp3) is 0.125. The normalized spacial score (nSPS) is 11.5. The maximum Gasteiger partial charge on any atom is 0.221 e. The maximum atomic E-state index is 11.0. The maximum absolute atomic E-state index is 11.0. The molecule has 0 fully saturated rings. The number of carbonyl (C=O) groups excluding carboxylic acids is 3. The predicted octanol–water partition coefficient (Wildman–Crippen LogP) is 1.46. The molecule has 0 radical (unpaired) electrons. The third-order valence-corrected chi connectivity index (χ3v) is 1.26. The van der Waals surface area contributed by atoms with Crippen molar-refractivity contribution in [3.8, 4) is 0 Å². The molecular weight excluding hydrogens is 242 g/mol. The Hall–Kier alpha value is -3.09. The smallest absolute Gasteiger partial charge is 0.221 e. The Labute approximate surface area is 101 Å². The molecule has 1 aliphatic carbocycles. The monoisotopic (exact) mass is 250 g/mol. The first-order chi connectivity index (χ1) is 8.42. The molecule has 18 heavy (non-hydrogen) atoms. The molecule has 0 unspecified atom stereocenters. The van der Waals surface area contributed by atoms with Gasteiger partial charge in [0.15, 0.2) is 5.78 Å². The minimum atomic E-state index is -0.363. The summed E-state index contributed by atoms with van der Waals surface area (Å²) in [5.41, 5.74) is 25.8. The summed E-state index contributed by atoms with van der Waals surface area (Å²) < 4.78 is 0. The van der Waals surface area contributed by atoms with E-state index in [1.54, 1.807) is 4.91 Å². The minimum absolute atomic E-state index is 0.0370. The van der Waals surface area contributed by atoms with E-state index in [9.17, 15) is 14.4 Å². The van der Waals surface area contributed by atoms with Crippen LogP contribution in [0.5, 0.6) is 0 Å². The highest BCUT2D eigenvalue weighted by Gasteiger charge is 2.13. The van der Waals surface area contributed by atoms with Gasteiger partial charge < -0.3 is 16.4 Å². The second-order valence-electron chi connectivity index (χ2n) is 2.53. The van der Waals surface area contributed by atoms with E-state index in [0.29, 0.717) is 0 Å². The van der Waals surface area contributed by atoms with Gasteiger partial charge in [0.25, 0.3) is 0 Å². The molecule has 2 N–H and O–H groups in total. The lowest BCUT2D eigenvalue weighted by Crippen LogP contribution is -2.26. The molecule has 0 atom stereocenters. The second kappa shape index (κ2) is 10.4. The summed E-state index contributed by atoms with van der Waals surface area (Å²) in [6, 6.07) is 0. The lowest BCUT2D eigenvalue weighted by Gasteiger charge is -2.05. The van der Waals surface area contributed by atoms with Gasteiger partial charge in [-0.1, -0.05) is 0 Å². The molecule has 0 aromatic heterocycles. The van der Waals surface area contributed by atoms with Crippen LogP contribution < -0.4 is 5.32 Å². The third-order valence-electron chi connectivity index (χ3n) is 1.26. The van der Waals surface area contributed by atoms with Gasteiger partial charge in [-0.05, 0) is 22.6 Å². The largest absolute Gasteiger partial charge is 0.373 e. The van der Waals surface area contributed by atoms with Crippen molar-refractivity contribution >= 4 is 17.5 Å². The number of allylic oxidation sites excluding steroid dienone is 3. The van der Waals surface area contributed by atoms with Crippen molar-refractivity contribution in [2.75, 3.05) is 0 Å². The first kappa shape index (κ1) is 17.3. The van der Waals surface area contributed by atoms with Crippen LogP contribution in [-0.2, 0) is 14.4 Å². The Bertz CT molecular complexity index is 453. The summed E-state index contributed by atoms with van der Waals surface area (Å²) in [6.45, 7) is 1.27. The van der Waals surface area contributed by atoms with Crippen LogP contribution in [0.4, 0.5) is 0 Å². The lowest BCUT2D eigenvalue weighted by molar-refractivity contribution is -0.120. The number of hydrogen-bond donors (Lipinski definition) is 2. The molecule has 94 valence electrons. The van der Waals surface area contributed by atoms with Crippen LogP contribution in [0.1, 0.15) is 6.92 Å². The summed E-state index contributed by atoms with van der Waals surface area (Å²) in [4.78, 5) is 35.5. The van der Waals surface area contributed by atoms with Crippen LogP contribution in [0.15, 0.2) is 23.9 Å². The van der Waals surface area contributed by atoms with E-state index in [0.717, 1.165) is 18.2 Å². The van der Waals surface area contributed by atoms with Gasteiger partial charge in [0, 0.05) is 13.0 Å². The standard InChI is InChI=1S/C8H7NO3.HN3.N3/c1-5(10)9-7-4-6(11)2-3-8(7)12;2*1-3-2/h2-4H,1H3,(H,9,10);1H;/q;;-1. The van der Waals surface area contributed by atoms with Crippen LogP contribution in [0, 0.1) is 5.53 Å². The predicted molar refractivity (Wildman–Crippen MR) is 60.6 cm³/mol. The third kappa shape index (κ3) is 9.46. The molecule has 0 aromatic rings. The molecule has 0 saturated carbocycles. The molecule has 0 aromatic carbocycles. The van der Waals surface area contributed by atoms with E-state index < -0.39 is 0 Å². The van der Waals surface area contributed by atoms with E-state index in [4.69, 9.17) is 22.1 Å². The average Bonchev–Trinajstić information content (AvgIpc) is 2.25. The van der Waals surface area contributed by atoms with Crippen LogP contribution in [0.3, 0.4) is 0 Å².